The highest BCUT2D eigenvalue weighted by atomic mass is 15.1. The van der Waals surface area contributed by atoms with Crippen LogP contribution in [0.2, 0.25) is 0 Å². The zero-order valence-electron chi connectivity index (χ0n) is 29.4. The van der Waals surface area contributed by atoms with Gasteiger partial charge in [0.25, 0.3) is 0 Å². The first-order chi connectivity index (χ1) is 25.6. The standard InChI is InChI=1S/C50H38N2/c1-35-33-41(51(40-21-4-3-5-22-40)48-26-12-18-37-15-6-9-23-45(37)48)29-31-43(35)44-32-30-42(34-36(44)2)52(49-27-13-19-38-16-7-10-24-46(38)49)50-28-14-20-39-17-8-11-25-47(39)50/h3-34H,1-2H3. The Kier molecular flexibility index (Phi) is 7.98. The molecule has 0 aliphatic rings. The highest BCUT2D eigenvalue weighted by molar-refractivity contribution is 6.05. The molecule has 0 aliphatic heterocycles. The van der Waals surface area contributed by atoms with Gasteiger partial charge in [0.15, 0.2) is 0 Å². The van der Waals surface area contributed by atoms with Gasteiger partial charge in [-0.05, 0) is 107 Å². The Bertz CT molecular complexity index is 2630. The Hall–Kier alpha value is -6.64. The average Bonchev–Trinajstić information content (AvgIpc) is 3.19. The third-order valence-electron chi connectivity index (χ3n) is 10.3. The lowest BCUT2D eigenvalue weighted by Gasteiger charge is -2.29. The van der Waals surface area contributed by atoms with Gasteiger partial charge in [-0.3, -0.25) is 0 Å². The van der Waals surface area contributed by atoms with E-state index in [1.807, 2.05) is 0 Å². The molecule has 9 aromatic rings. The summed E-state index contributed by atoms with van der Waals surface area (Å²) in [5.41, 5.74) is 11.8. The highest BCUT2D eigenvalue weighted by Crippen LogP contribution is 2.44. The summed E-state index contributed by atoms with van der Waals surface area (Å²) in [6.45, 7) is 4.47. The van der Waals surface area contributed by atoms with Crippen LogP contribution in [0, 0.1) is 13.8 Å². The van der Waals surface area contributed by atoms with Gasteiger partial charge in [-0.25, -0.2) is 0 Å². The summed E-state index contributed by atoms with van der Waals surface area (Å²) >= 11 is 0. The van der Waals surface area contributed by atoms with Gasteiger partial charge in [0.05, 0.1) is 17.1 Å². The second-order valence-electron chi connectivity index (χ2n) is 13.5. The molecule has 9 aromatic carbocycles. The molecule has 248 valence electrons. The minimum atomic E-state index is 1.13. The zero-order valence-corrected chi connectivity index (χ0v) is 29.4. The number of fused-ring (bicyclic) bond motifs is 3. The normalized spacial score (nSPS) is 11.3. The van der Waals surface area contributed by atoms with Crippen molar-refractivity contribution < 1.29 is 0 Å². The predicted molar refractivity (Wildman–Crippen MR) is 223 cm³/mol. The van der Waals surface area contributed by atoms with Crippen LogP contribution in [-0.2, 0) is 0 Å². The fourth-order valence-corrected chi connectivity index (χ4v) is 7.80. The lowest BCUT2D eigenvalue weighted by atomic mass is 9.94. The minimum Gasteiger partial charge on any atom is -0.310 e. The number of hydrogen-bond donors (Lipinski definition) is 0. The second kappa shape index (κ2) is 13.2. The maximum absolute atomic E-state index is 2.43. The number of nitrogens with zero attached hydrogens (tertiary/aromatic N) is 2. The number of benzene rings is 9. The average molecular weight is 667 g/mol. The van der Waals surface area contributed by atoms with Crippen LogP contribution < -0.4 is 9.80 Å². The molecule has 0 aliphatic carbocycles. The number of para-hydroxylation sites is 1. The first-order valence-electron chi connectivity index (χ1n) is 17.9. The molecule has 0 amide bonds. The molecule has 9 rings (SSSR count). The van der Waals surface area contributed by atoms with Crippen LogP contribution in [0.25, 0.3) is 43.4 Å². The van der Waals surface area contributed by atoms with E-state index in [4.69, 9.17) is 0 Å². The van der Waals surface area contributed by atoms with Crippen LogP contribution in [0.5, 0.6) is 0 Å². The van der Waals surface area contributed by atoms with Crippen molar-refractivity contribution in [2.24, 2.45) is 0 Å². The molecule has 0 saturated carbocycles. The molecule has 52 heavy (non-hydrogen) atoms. The zero-order chi connectivity index (χ0) is 35.0. The van der Waals surface area contributed by atoms with Crippen molar-refractivity contribution >= 4 is 66.4 Å². The van der Waals surface area contributed by atoms with Crippen LogP contribution in [0.15, 0.2) is 194 Å². The molecule has 0 aromatic heterocycles. The van der Waals surface area contributed by atoms with Crippen molar-refractivity contribution in [1.82, 2.24) is 0 Å². The number of aryl methyl sites for hydroxylation is 2. The Balaban J connectivity index is 1.16. The van der Waals surface area contributed by atoms with Gasteiger partial charge in [-0.15, -0.1) is 0 Å². The Labute approximate surface area is 305 Å². The van der Waals surface area contributed by atoms with Gasteiger partial charge in [0.1, 0.15) is 0 Å². The number of rotatable bonds is 7. The monoisotopic (exact) mass is 666 g/mol. The van der Waals surface area contributed by atoms with Crippen molar-refractivity contribution in [3.05, 3.63) is 205 Å². The van der Waals surface area contributed by atoms with E-state index in [0.29, 0.717) is 0 Å². The molecule has 0 bridgehead atoms. The van der Waals surface area contributed by atoms with Gasteiger partial charge in [0, 0.05) is 33.2 Å². The fourth-order valence-electron chi connectivity index (χ4n) is 7.80. The van der Waals surface area contributed by atoms with E-state index in [-0.39, 0.29) is 0 Å². The summed E-state index contributed by atoms with van der Waals surface area (Å²) in [5, 5.41) is 7.35. The van der Waals surface area contributed by atoms with E-state index in [1.165, 1.54) is 60.3 Å². The molecule has 0 N–H and O–H groups in total. The summed E-state index contributed by atoms with van der Waals surface area (Å²) in [6.07, 6.45) is 0. The van der Waals surface area contributed by atoms with Crippen molar-refractivity contribution in [2.45, 2.75) is 13.8 Å². The highest BCUT2D eigenvalue weighted by Gasteiger charge is 2.20. The SMILES string of the molecule is Cc1cc(N(c2ccccc2)c2cccc3ccccc23)ccc1-c1ccc(N(c2cccc3ccccc23)c2cccc3ccccc23)cc1C. The van der Waals surface area contributed by atoms with E-state index < -0.39 is 0 Å². The van der Waals surface area contributed by atoms with E-state index in [2.05, 4.69) is 218 Å². The Morgan fingerprint density at radius 2 is 0.654 bits per heavy atom. The van der Waals surface area contributed by atoms with Crippen LogP contribution >= 0.6 is 0 Å². The number of anilines is 6. The van der Waals surface area contributed by atoms with Crippen LogP contribution in [-0.4, -0.2) is 0 Å². The molecule has 2 nitrogen and oxygen atoms in total. The summed E-state index contributed by atoms with van der Waals surface area (Å²) in [5.74, 6) is 0. The largest absolute Gasteiger partial charge is 0.310 e. The van der Waals surface area contributed by atoms with Gasteiger partial charge in [0.2, 0.25) is 0 Å². The van der Waals surface area contributed by atoms with E-state index in [1.54, 1.807) is 0 Å². The smallest absolute Gasteiger partial charge is 0.0540 e. The third kappa shape index (κ3) is 5.55. The van der Waals surface area contributed by atoms with Gasteiger partial charge in [-0.1, -0.05) is 140 Å². The topological polar surface area (TPSA) is 6.48 Å². The predicted octanol–water partition coefficient (Wildman–Crippen LogP) is 14.4. The molecule has 0 heterocycles. The van der Waals surface area contributed by atoms with Gasteiger partial charge in [-0.2, -0.15) is 0 Å². The first kappa shape index (κ1) is 31.3. The van der Waals surface area contributed by atoms with Gasteiger partial charge >= 0.3 is 0 Å². The summed E-state index contributed by atoms with van der Waals surface area (Å²) < 4.78 is 0. The van der Waals surface area contributed by atoms with Crippen molar-refractivity contribution in [3.63, 3.8) is 0 Å². The molecule has 0 unspecified atom stereocenters. The third-order valence-corrected chi connectivity index (χ3v) is 10.3. The number of hydrogen-bond acceptors (Lipinski definition) is 2. The van der Waals surface area contributed by atoms with E-state index >= 15 is 0 Å². The lowest BCUT2D eigenvalue weighted by molar-refractivity contribution is 1.28. The molecule has 0 atom stereocenters. The summed E-state index contributed by atoms with van der Waals surface area (Å²) in [4.78, 5) is 4.81. The molecule has 0 fully saturated rings. The van der Waals surface area contributed by atoms with Crippen molar-refractivity contribution in [1.29, 1.82) is 0 Å². The minimum absolute atomic E-state index is 1.13. The van der Waals surface area contributed by atoms with Crippen LogP contribution in [0.4, 0.5) is 34.1 Å². The van der Waals surface area contributed by atoms with E-state index in [0.717, 1.165) is 28.4 Å². The molecule has 0 saturated heterocycles. The van der Waals surface area contributed by atoms with E-state index in [9.17, 15) is 0 Å². The van der Waals surface area contributed by atoms with Crippen LogP contribution in [0.3, 0.4) is 0 Å². The second-order valence-corrected chi connectivity index (χ2v) is 13.5. The lowest BCUT2D eigenvalue weighted by Crippen LogP contribution is -2.11. The molecule has 0 spiro atoms. The molecule has 0 radical (unpaired) electrons. The maximum Gasteiger partial charge on any atom is 0.0540 e. The summed E-state index contributed by atoms with van der Waals surface area (Å²) in [7, 11) is 0. The summed E-state index contributed by atoms with van der Waals surface area (Å²) in [6, 6.07) is 70.2. The quantitative estimate of drug-likeness (QED) is 0.167. The fraction of sp³-hybridized carbons (Fsp3) is 0.0400. The van der Waals surface area contributed by atoms with Gasteiger partial charge < -0.3 is 9.80 Å². The molecular formula is C50H38N2. The Morgan fingerprint density at radius 3 is 1.10 bits per heavy atom. The maximum atomic E-state index is 2.43. The molecular weight excluding hydrogens is 629 g/mol. The van der Waals surface area contributed by atoms with Crippen LogP contribution in [0.1, 0.15) is 11.1 Å². The first-order valence-corrected chi connectivity index (χ1v) is 17.9. The Morgan fingerprint density at radius 1 is 0.288 bits per heavy atom. The van der Waals surface area contributed by atoms with Crippen molar-refractivity contribution in [2.75, 3.05) is 9.80 Å². The molecule has 2 heteroatoms. The van der Waals surface area contributed by atoms with Crippen molar-refractivity contribution in [3.8, 4) is 11.1 Å².